The van der Waals surface area contributed by atoms with E-state index in [1.165, 1.54) is 18.2 Å². The minimum absolute atomic E-state index is 0.224. The van der Waals surface area contributed by atoms with Gasteiger partial charge in [0.25, 0.3) is 0 Å². The predicted octanol–water partition coefficient (Wildman–Crippen LogP) is 4.83. The lowest BCUT2D eigenvalue weighted by Gasteiger charge is -2.39. The summed E-state index contributed by atoms with van der Waals surface area (Å²) in [6.07, 6.45) is 3.44. The highest BCUT2D eigenvalue weighted by Gasteiger charge is 2.28. The Hall–Kier alpha value is -0.780. The van der Waals surface area contributed by atoms with Crippen molar-refractivity contribution < 1.29 is 4.79 Å². The number of amides is 1. The van der Waals surface area contributed by atoms with Gasteiger partial charge in [0.15, 0.2) is 4.34 Å². The summed E-state index contributed by atoms with van der Waals surface area (Å²) in [5, 5.41) is 0.696. The topological polar surface area (TPSA) is 33.2 Å². The molecule has 1 amide bonds. The van der Waals surface area contributed by atoms with Crippen molar-refractivity contribution in [2.24, 2.45) is 0 Å². The lowest BCUT2D eigenvalue weighted by molar-refractivity contribution is -0.134. The number of carbonyl (C=O) groups excluding carboxylic acids is 1. The summed E-state index contributed by atoms with van der Waals surface area (Å²) in [6, 6.07) is 6.43. The molecule has 1 aromatic heterocycles. The van der Waals surface area contributed by atoms with E-state index in [1.807, 2.05) is 18.2 Å². The number of carbonyl (C=O) groups is 1. The summed E-state index contributed by atoms with van der Waals surface area (Å²) in [5.41, 5.74) is 0.909. The molecule has 2 atom stereocenters. The number of halogens is 1. The molecule has 3 nitrogen and oxygen atoms in total. The van der Waals surface area contributed by atoms with Crippen molar-refractivity contribution in [3.8, 4) is 0 Å². The molecule has 1 aliphatic heterocycles. The van der Waals surface area contributed by atoms with Crippen molar-refractivity contribution in [1.29, 1.82) is 0 Å². The Morgan fingerprint density at radius 1 is 1.41 bits per heavy atom. The van der Waals surface area contributed by atoms with E-state index in [1.54, 1.807) is 11.3 Å². The average molecular weight is 355 g/mol. The Morgan fingerprint density at radius 3 is 2.86 bits per heavy atom. The zero-order valence-corrected chi connectivity index (χ0v) is 15.1. The zero-order valence-electron chi connectivity index (χ0n) is 12.7. The van der Waals surface area contributed by atoms with Crippen LogP contribution in [0.25, 0.3) is 10.2 Å². The van der Waals surface area contributed by atoms with Gasteiger partial charge in [-0.15, -0.1) is 11.3 Å². The summed E-state index contributed by atoms with van der Waals surface area (Å²) in [6.45, 7) is 4.30. The first-order valence-electron chi connectivity index (χ1n) is 7.54. The highest BCUT2D eigenvalue weighted by molar-refractivity contribution is 8.01. The molecule has 0 N–H and O–H groups in total. The van der Waals surface area contributed by atoms with Crippen molar-refractivity contribution in [2.75, 3.05) is 5.75 Å². The third-order valence-electron chi connectivity index (χ3n) is 4.13. The fourth-order valence-corrected chi connectivity index (χ4v) is 5.14. The number of aromatic nitrogens is 1. The van der Waals surface area contributed by atoms with E-state index < -0.39 is 0 Å². The number of piperidine rings is 1. The first-order chi connectivity index (χ1) is 10.5. The SMILES string of the molecule is C[C@@H]1CCC[C@@H](C)N1C(=O)CSc1nc2cc(Cl)ccc2s1. The number of thiazole rings is 1. The molecular formula is C16H19ClN2OS2. The highest BCUT2D eigenvalue weighted by Crippen LogP contribution is 2.32. The predicted molar refractivity (Wildman–Crippen MR) is 95.0 cm³/mol. The second kappa shape index (κ2) is 6.77. The molecule has 6 heteroatoms. The normalized spacial score (nSPS) is 22.2. The summed E-state index contributed by atoms with van der Waals surface area (Å²) < 4.78 is 2.04. The van der Waals surface area contributed by atoms with Crippen LogP contribution < -0.4 is 0 Å². The number of fused-ring (bicyclic) bond motifs is 1. The van der Waals surface area contributed by atoms with Gasteiger partial charge in [-0.1, -0.05) is 23.4 Å². The fraction of sp³-hybridized carbons (Fsp3) is 0.500. The molecule has 0 bridgehead atoms. The van der Waals surface area contributed by atoms with Gasteiger partial charge in [-0.25, -0.2) is 4.98 Å². The van der Waals surface area contributed by atoms with Gasteiger partial charge < -0.3 is 4.90 Å². The van der Waals surface area contributed by atoms with Gasteiger partial charge in [-0.2, -0.15) is 0 Å². The lowest BCUT2D eigenvalue weighted by atomic mass is 9.98. The molecule has 0 spiro atoms. The van der Waals surface area contributed by atoms with Crippen molar-refractivity contribution in [3.05, 3.63) is 23.2 Å². The number of thioether (sulfide) groups is 1. The van der Waals surface area contributed by atoms with E-state index in [4.69, 9.17) is 11.6 Å². The summed E-state index contributed by atoms with van der Waals surface area (Å²) in [5.74, 6) is 0.685. The fourth-order valence-electron chi connectivity index (χ4n) is 3.05. The van der Waals surface area contributed by atoms with Gasteiger partial charge in [0.05, 0.1) is 16.0 Å². The quantitative estimate of drug-likeness (QED) is 0.740. The molecule has 1 fully saturated rings. The van der Waals surface area contributed by atoms with Crippen LogP contribution in [0.2, 0.25) is 5.02 Å². The molecule has 1 aromatic carbocycles. The van der Waals surface area contributed by atoms with E-state index in [0.717, 1.165) is 27.4 Å². The Kier molecular flexibility index (Phi) is 4.95. The van der Waals surface area contributed by atoms with Crippen molar-refractivity contribution in [1.82, 2.24) is 9.88 Å². The lowest BCUT2D eigenvalue weighted by Crippen LogP contribution is -2.48. The van der Waals surface area contributed by atoms with Crippen LogP contribution in [-0.2, 0) is 4.79 Å². The van der Waals surface area contributed by atoms with E-state index in [-0.39, 0.29) is 5.91 Å². The van der Waals surface area contributed by atoms with Crippen LogP contribution in [-0.4, -0.2) is 33.6 Å². The smallest absolute Gasteiger partial charge is 0.233 e. The molecule has 0 radical (unpaired) electrons. The third-order valence-corrected chi connectivity index (χ3v) is 6.53. The number of hydrogen-bond acceptors (Lipinski definition) is 4. The number of hydrogen-bond donors (Lipinski definition) is 0. The van der Waals surface area contributed by atoms with Crippen LogP contribution >= 0.6 is 34.7 Å². The molecule has 22 heavy (non-hydrogen) atoms. The molecule has 0 aliphatic carbocycles. The minimum Gasteiger partial charge on any atom is -0.337 e. The second-order valence-electron chi connectivity index (χ2n) is 5.81. The Labute approximate surface area is 144 Å². The standard InChI is InChI=1S/C16H19ClN2OS2/c1-10-4-3-5-11(2)19(10)15(20)9-21-16-18-13-8-12(17)6-7-14(13)22-16/h6-8,10-11H,3-5,9H2,1-2H3/t10-,11-/m1/s1. The van der Waals surface area contributed by atoms with E-state index in [2.05, 4.69) is 23.7 Å². The van der Waals surface area contributed by atoms with Crippen LogP contribution in [0.4, 0.5) is 0 Å². The molecular weight excluding hydrogens is 336 g/mol. The Bertz CT molecular complexity index is 678. The maximum Gasteiger partial charge on any atom is 0.233 e. The maximum atomic E-state index is 12.5. The van der Waals surface area contributed by atoms with Gasteiger partial charge in [-0.3, -0.25) is 4.79 Å². The van der Waals surface area contributed by atoms with E-state index in [9.17, 15) is 4.79 Å². The van der Waals surface area contributed by atoms with Gasteiger partial charge in [0.2, 0.25) is 5.91 Å². The molecule has 2 aromatic rings. The molecule has 118 valence electrons. The van der Waals surface area contributed by atoms with Crippen LogP contribution in [0, 0.1) is 0 Å². The van der Waals surface area contributed by atoms with Gasteiger partial charge >= 0.3 is 0 Å². The van der Waals surface area contributed by atoms with Crippen molar-refractivity contribution >= 4 is 50.8 Å². The van der Waals surface area contributed by atoms with Crippen molar-refractivity contribution in [3.63, 3.8) is 0 Å². The number of rotatable bonds is 3. The van der Waals surface area contributed by atoms with Gasteiger partial charge in [-0.05, 0) is 51.3 Å². The number of nitrogens with zero attached hydrogens (tertiary/aromatic N) is 2. The van der Waals surface area contributed by atoms with Gasteiger partial charge in [0.1, 0.15) is 0 Å². The molecule has 1 saturated heterocycles. The monoisotopic (exact) mass is 354 g/mol. The Morgan fingerprint density at radius 2 is 2.14 bits per heavy atom. The molecule has 0 unspecified atom stereocenters. The van der Waals surface area contributed by atoms with E-state index in [0.29, 0.717) is 22.9 Å². The average Bonchev–Trinajstić information content (AvgIpc) is 2.87. The molecule has 1 aliphatic rings. The number of likely N-dealkylation sites (tertiary alicyclic amines) is 1. The Balaban J connectivity index is 1.66. The first kappa shape index (κ1) is 16.1. The maximum absolute atomic E-state index is 12.5. The summed E-state index contributed by atoms with van der Waals surface area (Å²) >= 11 is 9.14. The molecule has 0 saturated carbocycles. The molecule has 2 heterocycles. The third kappa shape index (κ3) is 3.42. The largest absolute Gasteiger partial charge is 0.337 e. The number of benzene rings is 1. The van der Waals surface area contributed by atoms with Crippen LogP contribution in [0.1, 0.15) is 33.1 Å². The highest BCUT2D eigenvalue weighted by atomic mass is 35.5. The minimum atomic E-state index is 0.224. The van der Waals surface area contributed by atoms with E-state index >= 15 is 0 Å². The van der Waals surface area contributed by atoms with Crippen molar-refractivity contribution in [2.45, 2.75) is 49.5 Å². The molecule has 3 rings (SSSR count). The summed E-state index contributed by atoms with van der Waals surface area (Å²) in [7, 11) is 0. The van der Waals surface area contributed by atoms with Crippen LogP contribution in [0.3, 0.4) is 0 Å². The van der Waals surface area contributed by atoms with Crippen LogP contribution in [0.15, 0.2) is 22.5 Å². The zero-order chi connectivity index (χ0) is 15.7. The first-order valence-corrected chi connectivity index (χ1v) is 9.72. The second-order valence-corrected chi connectivity index (χ2v) is 8.50. The van der Waals surface area contributed by atoms with Gasteiger partial charge in [0, 0.05) is 17.1 Å². The summed E-state index contributed by atoms with van der Waals surface area (Å²) in [4.78, 5) is 19.1. The van der Waals surface area contributed by atoms with Crippen LogP contribution in [0.5, 0.6) is 0 Å².